The predicted molar refractivity (Wildman–Crippen MR) is 80.7 cm³/mol. The van der Waals surface area contributed by atoms with Crippen LogP contribution in [0.2, 0.25) is 5.02 Å². The summed E-state index contributed by atoms with van der Waals surface area (Å²) in [6, 6.07) is 8.69. The first-order valence-electron chi connectivity index (χ1n) is 7.21. The third kappa shape index (κ3) is 4.20. The molecule has 0 spiro atoms. The van der Waals surface area contributed by atoms with Crippen LogP contribution in [-0.4, -0.2) is 23.3 Å². The van der Waals surface area contributed by atoms with Gasteiger partial charge in [0.25, 0.3) is 0 Å². The Balaban J connectivity index is 1.75. The fraction of sp³-hybridized carbons (Fsp3) is 0.625. The molecule has 2 rings (SSSR count). The highest BCUT2D eigenvalue weighted by Crippen LogP contribution is 2.37. The van der Waals surface area contributed by atoms with Crippen molar-refractivity contribution in [1.29, 1.82) is 0 Å². The SMILES string of the molecule is CCCC(C)(O)CNC1CC(c2cccc(Cl)c2)C1. The molecule has 1 aliphatic carbocycles. The molecule has 1 fully saturated rings. The van der Waals surface area contributed by atoms with Crippen LogP contribution in [0.25, 0.3) is 0 Å². The molecule has 1 aliphatic rings. The van der Waals surface area contributed by atoms with E-state index in [1.165, 1.54) is 5.56 Å². The third-order valence-corrected chi connectivity index (χ3v) is 4.25. The zero-order valence-electron chi connectivity index (χ0n) is 11.8. The van der Waals surface area contributed by atoms with Crippen molar-refractivity contribution in [2.24, 2.45) is 0 Å². The van der Waals surface area contributed by atoms with Crippen LogP contribution >= 0.6 is 11.6 Å². The topological polar surface area (TPSA) is 32.3 Å². The molecule has 2 N–H and O–H groups in total. The highest BCUT2D eigenvalue weighted by molar-refractivity contribution is 6.30. The summed E-state index contributed by atoms with van der Waals surface area (Å²) in [5.41, 5.74) is 0.765. The van der Waals surface area contributed by atoms with Gasteiger partial charge in [-0.2, -0.15) is 0 Å². The molecule has 3 heteroatoms. The standard InChI is InChI=1S/C16H24ClNO/c1-3-7-16(2,19)11-18-15-9-13(10-15)12-5-4-6-14(17)8-12/h4-6,8,13,15,18-19H,3,7,9-11H2,1-2H3. The molecule has 1 unspecified atom stereocenters. The van der Waals surface area contributed by atoms with Gasteiger partial charge in [-0.3, -0.25) is 0 Å². The first kappa shape index (κ1) is 14.8. The number of hydrogen-bond donors (Lipinski definition) is 2. The van der Waals surface area contributed by atoms with E-state index in [1.807, 2.05) is 19.1 Å². The summed E-state index contributed by atoms with van der Waals surface area (Å²) < 4.78 is 0. The van der Waals surface area contributed by atoms with Crippen molar-refractivity contribution in [2.45, 2.75) is 57.1 Å². The van der Waals surface area contributed by atoms with E-state index in [9.17, 15) is 5.11 Å². The van der Waals surface area contributed by atoms with E-state index >= 15 is 0 Å². The van der Waals surface area contributed by atoms with Gasteiger partial charge in [-0.15, -0.1) is 0 Å². The molecule has 1 aromatic rings. The molecule has 0 bridgehead atoms. The Labute approximate surface area is 121 Å². The minimum absolute atomic E-state index is 0.535. The molecule has 1 atom stereocenters. The Hall–Kier alpha value is -0.570. The molecule has 106 valence electrons. The van der Waals surface area contributed by atoms with Crippen molar-refractivity contribution in [2.75, 3.05) is 6.54 Å². The average molecular weight is 282 g/mol. The molecule has 19 heavy (non-hydrogen) atoms. The number of hydrogen-bond acceptors (Lipinski definition) is 2. The highest BCUT2D eigenvalue weighted by Gasteiger charge is 2.31. The van der Waals surface area contributed by atoms with E-state index in [-0.39, 0.29) is 0 Å². The van der Waals surface area contributed by atoms with Gasteiger partial charge in [0.05, 0.1) is 5.60 Å². The first-order valence-corrected chi connectivity index (χ1v) is 7.59. The van der Waals surface area contributed by atoms with Crippen LogP contribution in [0.1, 0.15) is 51.0 Å². The van der Waals surface area contributed by atoms with Crippen molar-refractivity contribution >= 4 is 11.6 Å². The molecule has 0 heterocycles. The van der Waals surface area contributed by atoms with Crippen LogP contribution in [0.15, 0.2) is 24.3 Å². The van der Waals surface area contributed by atoms with Gasteiger partial charge >= 0.3 is 0 Å². The van der Waals surface area contributed by atoms with Gasteiger partial charge in [-0.1, -0.05) is 37.1 Å². The number of nitrogens with one attached hydrogen (secondary N) is 1. The summed E-state index contributed by atoms with van der Waals surface area (Å²) in [6.07, 6.45) is 4.15. The second-order valence-electron chi connectivity index (χ2n) is 6.05. The Morgan fingerprint density at radius 2 is 2.16 bits per heavy atom. The van der Waals surface area contributed by atoms with Gasteiger partial charge in [0.2, 0.25) is 0 Å². The third-order valence-electron chi connectivity index (χ3n) is 4.02. The number of rotatable bonds is 6. The lowest BCUT2D eigenvalue weighted by Crippen LogP contribution is -2.47. The van der Waals surface area contributed by atoms with Crippen LogP contribution < -0.4 is 5.32 Å². The van der Waals surface area contributed by atoms with E-state index in [0.717, 1.165) is 30.7 Å². The van der Waals surface area contributed by atoms with Crippen LogP contribution in [-0.2, 0) is 0 Å². The summed E-state index contributed by atoms with van der Waals surface area (Å²) >= 11 is 6.01. The van der Waals surface area contributed by atoms with Gasteiger partial charge in [-0.05, 0) is 49.8 Å². The van der Waals surface area contributed by atoms with E-state index in [2.05, 4.69) is 24.4 Å². The quantitative estimate of drug-likeness (QED) is 0.833. The van der Waals surface area contributed by atoms with E-state index < -0.39 is 5.60 Å². The van der Waals surface area contributed by atoms with Crippen molar-refractivity contribution in [3.05, 3.63) is 34.9 Å². The van der Waals surface area contributed by atoms with Gasteiger partial charge in [0.15, 0.2) is 0 Å². The predicted octanol–water partition coefficient (Wildman–Crippen LogP) is 3.73. The molecular weight excluding hydrogens is 258 g/mol. The Kier molecular flexibility index (Phi) is 4.88. The Morgan fingerprint density at radius 1 is 1.42 bits per heavy atom. The van der Waals surface area contributed by atoms with Crippen molar-refractivity contribution in [1.82, 2.24) is 5.32 Å². The zero-order chi connectivity index (χ0) is 13.9. The maximum absolute atomic E-state index is 10.1. The molecule has 0 amide bonds. The molecule has 0 aromatic heterocycles. The summed E-state index contributed by atoms with van der Waals surface area (Å²) in [4.78, 5) is 0. The maximum Gasteiger partial charge on any atom is 0.0743 e. The lowest BCUT2D eigenvalue weighted by Gasteiger charge is -2.38. The largest absolute Gasteiger partial charge is 0.389 e. The number of aliphatic hydroxyl groups is 1. The van der Waals surface area contributed by atoms with Crippen LogP contribution in [0.3, 0.4) is 0 Å². The summed E-state index contributed by atoms with van der Waals surface area (Å²) in [5, 5.41) is 14.4. The Bertz CT molecular complexity index is 413. The lowest BCUT2D eigenvalue weighted by molar-refractivity contribution is 0.0428. The summed E-state index contributed by atoms with van der Waals surface area (Å²) in [6.45, 7) is 4.71. The van der Waals surface area contributed by atoms with Crippen molar-refractivity contribution < 1.29 is 5.11 Å². The van der Waals surface area contributed by atoms with Crippen LogP contribution in [0, 0.1) is 0 Å². The molecule has 0 radical (unpaired) electrons. The van der Waals surface area contributed by atoms with Gasteiger partial charge in [-0.25, -0.2) is 0 Å². The fourth-order valence-corrected chi connectivity index (χ4v) is 3.01. The van der Waals surface area contributed by atoms with Gasteiger partial charge in [0.1, 0.15) is 0 Å². The molecule has 1 saturated carbocycles. The minimum Gasteiger partial charge on any atom is -0.389 e. The fourth-order valence-electron chi connectivity index (χ4n) is 2.81. The van der Waals surface area contributed by atoms with Crippen molar-refractivity contribution in [3.8, 4) is 0 Å². The smallest absolute Gasteiger partial charge is 0.0743 e. The van der Waals surface area contributed by atoms with Crippen LogP contribution in [0.5, 0.6) is 0 Å². The number of halogens is 1. The summed E-state index contributed by atoms with van der Waals surface area (Å²) in [7, 11) is 0. The normalized spacial score (nSPS) is 25.7. The molecule has 1 aromatic carbocycles. The van der Waals surface area contributed by atoms with E-state index in [4.69, 9.17) is 11.6 Å². The molecule has 0 saturated heterocycles. The second-order valence-corrected chi connectivity index (χ2v) is 6.48. The average Bonchev–Trinajstić information content (AvgIpc) is 2.26. The summed E-state index contributed by atoms with van der Waals surface area (Å²) in [5.74, 6) is 0.618. The second kappa shape index (κ2) is 6.25. The molecule has 0 aliphatic heterocycles. The van der Waals surface area contributed by atoms with E-state index in [0.29, 0.717) is 18.5 Å². The number of benzene rings is 1. The zero-order valence-corrected chi connectivity index (χ0v) is 12.6. The van der Waals surface area contributed by atoms with Gasteiger partial charge < -0.3 is 10.4 Å². The van der Waals surface area contributed by atoms with E-state index in [1.54, 1.807) is 0 Å². The Morgan fingerprint density at radius 3 is 2.79 bits per heavy atom. The first-order chi connectivity index (χ1) is 9.00. The molecular formula is C16H24ClNO. The monoisotopic (exact) mass is 281 g/mol. The van der Waals surface area contributed by atoms with Crippen LogP contribution in [0.4, 0.5) is 0 Å². The lowest BCUT2D eigenvalue weighted by atomic mass is 9.75. The van der Waals surface area contributed by atoms with Gasteiger partial charge in [0, 0.05) is 17.6 Å². The highest BCUT2D eigenvalue weighted by atomic mass is 35.5. The minimum atomic E-state index is -0.574. The van der Waals surface area contributed by atoms with Crippen molar-refractivity contribution in [3.63, 3.8) is 0 Å². The maximum atomic E-state index is 10.1. The molecule has 2 nitrogen and oxygen atoms in total.